The van der Waals surface area contributed by atoms with Crippen molar-refractivity contribution in [1.82, 2.24) is 5.32 Å². The van der Waals surface area contributed by atoms with Gasteiger partial charge < -0.3 is 11.1 Å². The lowest BCUT2D eigenvalue weighted by molar-refractivity contribution is 0.0950. The second-order valence-corrected chi connectivity index (χ2v) is 5.06. The Balaban J connectivity index is 2.13. The third-order valence-corrected chi connectivity index (χ3v) is 3.58. The van der Waals surface area contributed by atoms with Gasteiger partial charge in [-0.1, -0.05) is 23.2 Å². The van der Waals surface area contributed by atoms with E-state index in [2.05, 4.69) is 5.32 Å². The number of rotatable bonds is 3. The largest absolute Gasteiger partial charge is 0.397 e. The Bertz CT molecular complexity index is 684. The van der Waals surface area contributed by atoms with Gasteiger partial charge in [0.2, 0.25) is 0 Å². The lowest BCUT2D eigenvalue weighted by Crippen LogP contribution is -2.23. The Hall–Kier alpha value is -1.85. The van der Waals surface area contributed by atoms with Crippen molar-refractivity contribution in [2.45, 2.75) is 6.54 Å². The van der Waals surface area contributed by atoms with Crippen LogP contribution in [-0.2, 0) is 6.54 Å². The number of hydrogen-bond donors (Lipinski definition) is 2. The van der Waals surface area contributed by atoms with E-state index in [1.54, 1.807) is 0 Å². The number of hydrogen-bond acceptors (Lipinski definition) is 2. The predicted molar refractivity (Wildman–Crippen MR) is 78.4 cm³/mol. The molecule has 0 unspecified atom stereocenters. The standard InChI is InChI=1S/C14H10Cl2F2N2O/c15-10-4-7(5-12(19)13(10)16)14(21)20-6-8-3-9(17)1-2-11(8)18/h1-5H,6,19H2,(H,20,21). The Labute approximate surface area is 129 Å². The maximum absolute atomic E-state index is 13.4. The summed E-state index contributed by atoms with van der Waals surface area (Å²) in [6, 6.07) is 5.70. The van der Waals surface area contributed by atoms with Gasteiger partial charge in [-0.3, -0.25) is 4.79 Å². The highest BCUT2D eigenvalue weighted by atomic mass is 35.5. The molecule has 2 rings (SSSR count). The van der Waals surface area contributed by atoms with Crippen molar-refractivity contribution >= 4 is 34.8 Å². The Morgan fingerprint density at radius 2 is 1.90 bits per heavy atom. The number of amides is 1. The van der Waals surface area contributed by atoms with Gasteiger partial charge in [-0.2, -0.15) is 0 Å². The second kappa shape index (κ2) is 6.28. The quantitative estimate of drug-likeness (QED) is 0.841. The molecule has 0 saturated heterocycles. The minimum atomic E-state index is -0.606. The van der Waals surface area contributed by atoms with Crippen LogP contribution >= 0.6 is 23.2 Å². The van der Waals surface area contributed by atoms with E-state index >= 15 is 0 Å². The number of carbonyl (C=O) groups excluding carboxylic acids is 1. The lowest BCUT2D eigenvalue weighted by Gasteiger charge is -2.09. The molecule has 3 nitrogen and oxygen atoms in total. The van der Waals surface area contributed by atoms with Crippen LogP contribution in [0.5, 0.6) is 0 Å². The van der Waals surface area contributed by atoms with Crippen molar-refractivity contribution in [1.29, 1.82) is 0 Å². The lowest BCUT2D eigenvalue weighted by atomic mass is 10.1. The maximum Gasteiger partial charge on any atom is 0.251 e. The maximum atomic E-state index is 13.4. The molecule has 7 heteroatoms. The second-order valence-electron chi connectivity index (χ2n) is 4.28. The van der Waals surface area contributed by atoms with Crippen LogP contribution in [0.15, 0.2) is 30.3 Å². The molecule has 0 spiro atoms. The summed E-state index contributed by atoms with van der Waals surface area (Å²) in [6.07, 6.45) is 0. The normalized spacial score (nSPS) is 10.5. The fourth-order valence-corrected chi connectivity index (χ4v) is 2.03. The van der Waals surface area contributed by atoms with E-state index in [0.717, 1.165) is 18.2 Å². The van der Waals surface area contributed by atoms with Crippen LogP contribution in [0.2, 0.25) is 10.0 Å². The summed E-state index contributed by atoms with van der Waals surface area (Å²) in [5, 5.41) is 2.75. The zero-order valence-electron chi connectivity index (χ0n) is 10.6. The van der Waals surface area contributed by atoms with E-state index in [1.807, 2.05) is 0 Å². The molecule has 0 fully saturated rings. The summed E-state index contributed by atoms with van der Waals surface area (Å²) >= 11 is 11.6. The van der Waals surface area contributed by atoms with Crippen molar-refractivity contribution in [2.75, 3.05) is 5.73 Å². The van der Waals surface area contributed by atoms with Gasteiger partial charge >= 0.3 is 0 Å². The van der Waals surface area contributed by atoms with E-state index < -0.39 is 17.5 Å². The first kappa shape index (κ1) is 15.5. The molecular formula is C14H10Cl2F2N2O. The Morgan fingerprint density at radius 3 is 2.57 bits per heavy atom. The van der Waals surface area contributed by atoms with E-state index in [1.165, 1.54) is 12.1 Å². The smallest absolute Gasteiger partial charge is 0.251 e. The number of nitrogens with one attached hydrogen (secondary N) is 1. The first-order valence-corrected chi connectivity index (χ1v) is 6.60. The van der Waals surface area contributed by atoms with Crippen LogP contribution in [0.3, 0.4) is 0 Å². The molecule has 0 aliphatic rings. The molecule has 0 aliphatic carbocycles. The molecule has 2 aromatic rings. The van der Waals surface area contributed by atoms with E-state index in [9.17, 15) is 13.6 Å². The fourth-order valence-electron chi connectivity index (χ4n) is 1.70. The molecule has 0 heterocycles. The van der Waals surface area contributed by atoms with Crippen LogP contribution in [0.25, 0.3) is 0 Å². The van der Waals surface area contributed by atoms with Crippen LogP contribution in [0.4, 0.5) is 14.5 Å². The zero-order chi connectivity index (χ0) is 15.6. The number of nitrogen functional groups attached to an aromatic ring is 1. The van der Waals surface area contributed by atoms with Crippen LogP contribution in [-0.4, -0.2) is 5.91 Å². The molecule has 3 N–H and O–H groups in total. The summed E-state index contributed by atoms with van der Waals surface area (Å²) in [5.74, 6) is -1.71. The SMILES string of the molecule is Nc1cc(C(=O)NCc2cc(F)ccc2F)cc(Cl)c1Cl. The van der Waals surface area contributed by atoms with Gasteiger partial charge in [-0.25, -0.2) is 8.78 Å². The van der Waals surface area contributed by atoms with Gasteiger partial charge in [0.15, 0.2) is 0 Å². The number of carbonyl (C=O) groups is 1. The first-order valence-electron chi connectivity index (χ1n) is 5.85. The highest BCUT2D eigenvalue weighted by Gasteiger charge is 2.12. The molecular weight excluding hydrogens is 321 g/mol. The van der Waals surface area contributed by atoms with Crippen LogP contribution < -0.4 is 11.1 Å². The summed E-state index contributed by atoms with van der Waals surface area (Å²) in [4.78, 5) is 11.9. The van der Waals surface area contributed by atoms with Crippen molar-refractivity contribution in [3.63, 3.8) is 0 Å². The topological polar surface area (TPSA) is 55.1 Å². The van der Waals surface area contributed by atoms with Gasteiger partial charge in [0, 0.05) is 17.7 Å². The summed E-state index contributed by atoms with van der Waals surface area (Å²) in [5.41, 5.74) is 5.98. The van der Waals surface area contributed by atoms with Gasteiger partial charge in [-0.15, -0.1) is 0 Å². The molecule has 0 atom stereocenters. The molecule has 110 valence electrons. The molecule has 0 saturated carbocycles. The summed E-state index contributed by atoms with van der Waals surface area (Å²) < 4.78 is 26.4. The molecule has 1 amide bonds. The van der Waals surface area contributed by atoms with Gasteiger partial charge in [-0.05, 0) is 30.3 Å². The highest BCUT2D eigenvalue weighted by molar-refractivity contribution is 6.43. The molecule has 0 bridgehead atoms. The molecule has 2 aromatic carbocycles. The van der Waals surface area contributed by atoms with E-state index in [4.69, 9.17) is 28.9 Å². The van der Waals surface area contributed by atoms with E-state index in [0.29, 0.717) is 0 Å². The van der Waals surface area contributed by atoms with Crippen LogP contribution in [0, 0.1) is 11.6 Å². The van der Waals surface area contributed by atoms with Crippen LogP contribution in [0.1, 0.15) is 15.9 Å². The zero-order valence-corrected chi connectivity index (χ0v) is 12.1. The molecule has 21 heavy (non-hydrogen) atoms. The third kappa shape index (κ3) is 3.62. The van der Waals surface area contributed by atoms with Crippen molar-refractivity contribution in [2.24, 2.45) is 0 Å². The van der Waals surface area contributed by atoms with Crippen molar-refractivity contribution in [3.05, 3.63) is 63.1 Å². The minimum Gasteiger partial charge on any atom is -0.397 e. The van der Waals surface area contributed by atoms with E-state index in [-0.39, 0.29) is 33.4 Å². The average molecular weight is 331 g/mol. The first-order chi connectivity index (χ1) is 9.88. The number of benzene rings is 2. The van der Waals surface area contributed by atoms with Gasteiger partial charge in [0.25, 0.3) is 5.91 Å². The van der Waals surface area contributed by atoms with Gasteiger partial charge in [0.1, 0.15) is 11.6 Å². The Morgan fingerprint density at radius 1 is 1.19 bits per heavy atom. The fraction of sp³-hybridized carbons (Fsp3) is 0.0714. The number of anilines is 1. The molecule has 0 radical (unpaired) electrons. The average Bonchev–Trinajstić information content (AvgIpc) is 2.44. The minimum absolute atomic E-state index is 0.0383. The number of halogens is 4. The monoisotopic (exact) mass is 330 g/mol. The highest BCUT2D eigenvalue weighted by Crippen LogP contribution is 2.29. The van der Waals surface area contributed by atoms with Crippen molar-refractivity contribution < 1.29 is 13.6 Å². The molecule has 0 aromatic heterocycles. The van der Waals surface area contributed by atoms with Crippen molar-refractivity contribution in [3.8, 4) is 0 Å². The number of nitrogens with two attached hydrogens (primary N) is 1. The Kier molecular flexibility index (Phi) is 4.65. The third-order valence-electron chi connectivity index (χ3n) is 2.77. The predicted octanol–water partition coefficient (Wildman–Crippen LogP) is 3.78. The molecule has 0 aliphatic heterocycles. The van der Waals surface area contributed by atoms with Gasteiger partial charge in [0.05, 0.1) is 15.7 Å². The summed E-state index contributed by atoms with van der Waals surface area (Å²) in [6.45, 7) is -0.164. The summed E-state index contributed by atoms with van der Waals surface area (Å²) in [7, 11) is 0.